The van der Waals surface area contributed by atoms with E-state index in [1.165, 1.54) is 7.11 Å². The summed E-state index contributed by atoms with van der Waals surface area (Å²) >= 11 is 0. The molecule has 1 aromatic heterocycles. The lowest BCUT2D eigenvalue weighted by Crippen LogP contribution is -2.60. The maximum atomic E-state index is 14.5. The summed E-state index contributed by atoms with van der Waals surface area (Å²) in [5, 5.41) is 6.93. The van der Waals surface area contributed by atoms with Gasteiger partial charge in [-0.15, -0.1) is 0 Å². The minimum atomic E-state index is -0.953. The van der Waals surface area contributed by atoms with Gasteiger partial charge in [-0.05, 0) is 75.2 Å². The van der Waals surface area contributed by atoms with Gasteiger partial charge < -0.3 is 46.4 Å². The monoisotopic (exact) mass is 869 g/mol. The molecule has 15 heteroatoms. The Kier molecular flexibility index (Phi) is 21.3. The second kappa shape index (κ2) is 25.3. The Morgan fingerprint density at radius 1 is 0.919 bits per heavy atom. The van der Waals surface area contributed by atoms with E-state index in [9.17, 15) is 24.0 Å². The zero-order valence-corrected chi connectivity index (χ0v) is 39.6. The molecule has 0 bridgehead atoms. The van der Waals surface area contributed by atoms with Crippen molar-refractivity contribution in [2.75, 3.05) is 47.9 Å². The van der Waals surface area contributed by atoms with Crippen LogP contribution in [-0.2, 0) is 39.9 Å². The number of likely N-dealkylation sites (tertiary alicyclic amines) is 1. The Morgan fingerprint density at radius 3 is 2.19 bits per heavy atom. The van der Waals surface area contributed by atoms with Crippen LogP contribution in [0.25, 0.3) is 10.9 Å². The number of aromatic nitrogens is 1. The predicted octanol–water partition coefficient (Wildman–Crippen LogP) is 4.22. The van der Waals surface area contributed by atoms with Crippen LogP contribution in [0.15, 0.2) is 30.5 Å². The average molecular weight is 869 g/mol. The molecule has 1 aromatic carbocycles. The number of fused-ring (bicyclic) bond motifs is 1. The summed E-state index contributed by atoms with van der Waals surface area (Å²) in [4.78, 5) is 78.0. The first-order valence-corrected chi connectivity index (χ1v) is 22.9. The summed E-state index contributed by atoms with van der Waals surface area (Å²) in [7, 11) is 6.79. The number of benzene rings is 1. The van der Waals surface area contributed by atoms with Crippen molar-refractivity contribution < 1.29 is 33.4 Å². The molecule has 2 aromatic rings. The van der Waals surface area contributed by atoms with Crippen LogP contribution in [0.4, 0.5) is 0 Å². The number of carbonyl (C=O) groups excluding carboxylic acids is 5. The molecule has 9 atom stereocenters. The van der Waals surface area contributed by atoms with E-state index in [4.69, 9.17) is 20.9 Å². The molecule has 350 valence electrons. The van der Waals surface area contributed by atoms with E-state index < -0.39 is 60.1 Å². The third-order valence-corrected chi connectivity index (χ3v) is 13.1. The first-order chi connectivity index (χ1) is 29.4. The number of aromatic amines is 1. The Labute approximate surface area is 371 Å². The minimum absolute atomic E-state index is 0.00475. The first kappa shape index (κ1) is 52.3. The number of amides is 5. The summed E-state index contributed by atoms with van der Waals surface area (Å²) in [6.07, 6.45) is 6.81. The Bertz CT molecular complexity index is 1730. The number of methoxy groups -OCH3 is 2. The largest absolute Gasteiger partial charge is 0.379 e. The van der Waals surface area contributed by atoms with Crippen molar-refractivity contribution >= 4 is 40.4 Å². The number of ether oxygens (including phenoxy) is 2. The molecule has 1 saturated heterocycles. The van der Waals surface area contributed by atoms with Gasteiger partial charge >= 0.3 is 0 Å². The molecule has 0 aliphatic carbocycles. The van der Waals surface area contributed by atoms with E-state index in [1.807, 2.05) is 79.1 Å². The third-order valence-electron chi connectivity index (χ3n) is 13.1. The van der Waals surface area contributed by atoms with E-state index in [-0.39, 0.29) is 48.3 Å². The van der Waals surface area contributed by atoms with Gasteiger partial charge in [0.05, 0.1) is 42.7 Å². The first-order valence-electron chi connectivity index (χ1n) is 22.9. The number of nitrogens with zero attached hydrogens (tertiary/aromatic N) is 3. The van der Waals surface area contributed by atoms with Crippen molar-refractivity contribution in [2.45, 2.75) is 149 Å². The van der Waals surface area contributed by atoms with Gasteiger partial charge in [-0.25, -0.2) is 0 Å². The van der Waals surface area contributed by atoms with Crippen LogP contribution in [0.3, 0.4) is 0 Å². The molecule has 0 radical (unpaired) electrons. The highest BCUT2D eigenvalue weighted by Crippen LogP contribution is 2.30. The van der Waals surface area contributed by atoms with E-state index in [0.29, 0.717) is 19.5 Å². The van der Waals surface area contributed by atoms with Gasteiger partial charge in [-0.2, -0.15) is 0 Å². The second-order valence-electron chi connectivity index (χ2n) is 18.2. The van der Waals surface area contributed by atoms with E-state index in [0.717, 1.165) is 61.5 Å². The molecule has 0 spiro atoms. The number of hydrogen-bond donors (Lipinski definition) is 5. The van der Waals surface area contributed by atoms with Crippen molar-refractivity contribution in [2.24, 2.45) is 35.1 Å². The van der Waals surface area contributed by atoms with Crippen LogP contribution in [0.5, 0.6) is 0 Å². The lowest BCUT2D eigenvalue weighted by molar-refractivity contribution is -0.148. The maximum Gasteiger partial charge on any atom is 0.245 e. The Balaban J connectivity index is 1.76. The fourth-order valence-corrected chi connectivity index (χ4v) is 9.33. The van der Waals surface area contributed by atoms with Crippen LogP contribution in [-0.4, -0.2) is 140 Å². The smallest absolute Gasteiger partial charge is 0.245 e. The van der Waals surface area contributed by atoms with Crippen LogP contribution in [0.1, 0.15) is 105 Å². The molecule has 0 saturated carbocycles. The van der Waals surface area contributed by atoms with Gasteiger partial charge in [0.1, 0.15) is 12.1 Å². The molecule has 1 aliphatic rings. The van der Waals surface area contributed by atoms with Gasteiger partial charge in [-0.3, -0.25) is 28.9 Å². The number of unbranched alkanes of at least 4 members (excludes halogenated alkanes) is 3. The van der Waals surface area contributed by atoms with Crippen LogP contribution in [0.2, 0.25) is 0 Å². The fraction of sp³-hybridized carbons (Fsp3) is 0.723. The standard InChI is InChI=1S/C47H80N8O7/c1-12-31(6)42(54(9)47(60)40(29(2)3)52-46(59)41(30(4)5)53(8)24-18-14-13-17-23-48)38(61-10)27-39(56)55-25-19-22-37(55)43(62-11)32(7)45(58)51-36(44(49)57)26-33-28-50-35-21-16-15-20-34(33)35/h15-16,20-21,28-32,36-38,40-43,50H,12-14,17-19,22-27,48H2,1-11H3,(H2,49,57)(H,51,58)(H,52,59)/t31?,32-,36+,37+,38?,40+,41+,42?,43-/m1/s1. The van der Waals surface area contributed by atoms with Crippen molar-refractivity contribution in [3.63, 3.8) is 0 Å². The summed E-state index contributed by atoms with van der Waals surface area (Å²) in [6.45, 7) is 15.6. The predicted molar refractivity (Wildman–Crippen MR) is 245 cm³/mol. The summed E-state index contributed by atoms with van der Waals surface area (Å²) in [5.41, 5.74) is 13.2. The normalized spacial score (nSPS) is 18.3. The minimum Gasteiger partial charge on any atom is -0.379 e. The van der Waals surface area contributed by atoms with E-state index in [1.54, 1.807) is 30.9 Å². The molecular weight excluding hydrogens is 789 g/mol. The second-order valence-corrected chi connectivity index (χ2v) is 18.2. The molecule has 15 nitrogen and oxygen atoms in total. The van der Waals surface area contributed by atoms with Crippen molar-refractivity contribution in [3.05, 3.63) is 36.0 Å². The zero-order chi connectivity index (χ0) is 46.3. The highest BCUT2D eigenvalue weighted by molar-refractivity contribution is 5.91. The van der Waals surface area contributed by atoms with Crippen molar-refractivity contribution in [1.82, 2.24) is 30.3 Å². The third kappa shape index (κ3) is 13.7. The van der Waals surface area contributed by atoms with Crippen LogP contribution >= 0.6 is 0 Å². The molecule has 2 heterocycles. The van der Waals surface area contributed by atoms with Crippen LogP contribution < -0.4 is 22.1 Å². The quantitative estimate of drug-likeness (QED) is 0.0815. The van der Waals surface area contributed by atoms with E-state index >= 15 is 0 Å². The summed E-state index contributed by atoms with van der Waals surface area (Å²) in [5.74, 6) is -2.60. The van der Waals surface area contributed by atoms with Gasteiger partial charge in [0, 0.05) is 51.3 Å². The number of carbonyl (C=O) groups is 5. The Hall–Kier alpha value is -4.05. The lowest BCUT2D eigenvalue weighted by atomic mass is 9.89. The molecule has 7 N–H and O–H groups in total. The SMILES string of the molecule is CCC(C)C(C(CC(=O)N1CCC[C@H]1[C@H](OC)[C@@H](C)C(=O)N[C@@H](Cc1c[nH]c2ccccc12)C(N)=O)OC)N(C)C(=O)[C@@H](NC(=O)[C@H](C(C)C)N(C)CCCCCCN)C(C)C. The molecular formula is C47H80N8O7. The lowest BCUT2D eigenvalue weighted by Gasteiger charge is -2.41. The number of rotatable bonds is 27. The number of nitrogens with one attached hydrogen (secondary N) is 3. The molecule has 1 fully saturated rings. The zero-order valence-electron chi connectivity index (χ0n) is 39.6. The number of primary amides is 1. The topological polar surface area (TPSA) is 205 Å². The van der Waals surface area contributed by atoms with Gasteiger partial charge in [0.15, 0.2) is 0 Å². The molecule has 1 aliphatic heterocycles. The number of hydrogen-bond acceptors (Lipinski definition) is 9. The van der Waals surface area contributed by atoms with Crippen molar-refractivity contribution in [1.29, 1.82) is 0 Å². The Morgan fingerprint density at radius 2 is 1.60 bits per heavy atom. The number of likely N-dealkylation sites (N-methyl/N-ethyl adjacent to an activating group) is 2. The highest BCUT2D eigenvalue weighted by Gasteiger charge is 2.43. The van der Waals surface area contributed by atoms with Gasteiger partial charge in [-0.1, -0.05) is 85.9 Å². The highest BCUT2D eigenvalue weighted by atomic mass is 16.5. The summed E-state index contributed by atoms with van der Waals surface area (Å²) in [6, 6.07) is 4.67. The molecule has 62 heavy (non-hydrogen) atoms. The number of para-hydroxylation sites is 1. The molecule has 3 rings (SSSR count). The summed E-state index contributed by atoms with van der Waals surface area (Å²) < 4.78 is 12.0. The maximum absolute atomic E-state index is 14.5. The van der Waals surface area contributed by atoms with Gasteiger partial charge in [0.2, 0.25) is 29.5 Å². The van der Waals surface area contributed by atoms with Crippen molar-refractivity contribution in [3.8, 4) is 0 Å². The number of H-pyrrole nitrogens is 1. The fourth-order valence-electron chi connectivity index (χ4n) is 9.33. The molecule has 5 amide bonds. The molecule has 3 unspecified atom stereocenters. The van der Waals surface area contributed by atoms with Gasteiger partial charge in [0.25, 0.3) is 0 Å². The van der Waals surface area contributed by atoms with E-state index in [2.05, 4.69) is 20.5 Å². The number of nitrogens with two attached hydrogens (primary N) is 2. The van der Waals surface area contributed by atoms with Crippen LogP contribution in [0, 0.1) is 23.7 Å². The average Bonchev–Trinajstić information content (AvgIpc) is 3.89.